The second-order valence-corrected chi connectivity index (χ2v) is 7.13. The van der Waals surface area contributed by atoms with Gasteiger partial charge in [0.15, 0.2) is 0 Å². The fourth-order valence-corrected chi connectivity index (χ4v) is 4.16. The minimum Gasteiger partial charge on any atom is -0.396 e. The number of carbonyl (C=O) groups excluding carboxylic acids is 2. The van der Waals surface area contributed by atoms with Gasteiger partial charge in [-0.3, -0.25) is 9.59 Å². The molecule has 2 heterocycles. The highest BCUT2D eigenvalue weighted by Crippen LogP contribution is 2.47. The van der Waals surface area contributed by atoms with E-state index < -0.39 is 0 Å². The van der Waals surface area contributed by atoms with E-state index in [9.17, 15) is 9.59 Å². The minimum absolute atomic E-state index is 0.0590. The second-order valence-electron chi connectivity index (χ2n) is 5.63. The van der Waals surface area contributed by atoms with Gasteiger partial charge in [0.2, 0.25) is 11.8 Å². The first kappa shape index (κ1) is 14.7. The number of hydrogen-bond acceptors (Lipinski definition) is 4. The molecular formula is C13H22N2O3S. The number of rotatable bonds is 5. The Morgan fingerprint density at radius 1 is 1.68 bits per heavy atom. The molecule has 0 bridgehead atoms. The maximum Gasteiger partial charge on any atom is 0.243 e. The Kier molecular flexibility index (Phi) is 4.40. The third kappa shape index (κ3) is 2.89. The molecule has 0 spiro atoms. The van der Waals surface area contributed by atoms with Gasteiger partial charge >= 0.3 is 0 Å². The van der Waals surface area contributed by atoms with Crippen molar-refractivity contribution < 1.29 is 14.7 Å². The van der Waals surface area contributed by atoms with Crippen LogP contribution in [0, 0.1) is 5.92 Å². The van der Waals surface area contributed by atoms with Crippen molar-refractivity contribution in [2.45, 2.75) is 44.0 Å². The third-order valence-electron chi connectivity index (χ3n) is 3.99. The van der Waals surface area contributed by atoms with Gasteiger partial charge in [0, 0.05) is 25.3 Å². The first-order chi connectivity index (χ1) is 8.98. The normalized spacial score (nSPS) is 31.4. The van der Waals surface area contributed by atoms with E-state index in [0.29, 0.717) is 25.1 Å². The summed E-state index contributed by atoms with van der Waals surface area (Å²) in [5, 5.41) is 11.7. The topological polar surface area (TPSA) is 69.6 Å². The predicted molar refractivity (Wildman–Crippen MR) is 74.6 cm³/mol. The number of nitrogens with one attached hydrogen (secondary N) is 1. The Morgan fingerprint density at radius 2 is 2.42 bits per heavy atom. The molecule has 0 radical (unpaired) electrons. The molecule has 0 saturated carbocycles. The van der Waals surface area contributed by atoms with Crippen LogP contribution in [0.1, 0.15) is 33.1 Å². The molecule has 2 amide bonds. The summed E-state index contributed by atoms with van der Waals surface area (Å²) >= 11 is 1.70. The van der Waals surface area contributed by atoms with E-state index in [0.717, 1.165) is 6.42 Å². The van der Waals surface area contributed by atoms with Gasteiger partial charge in [-0.1, -0.05) is 6.92 Å². The first-order valence-corrected chi connectivity index (χ1v) is 7.81. The van der Waals surface area contributed by atoms with Crippen LogP contribution < -0.4 is 5.32 Å². The highest BCUT2D eigenvalue weighted by molar-refractivity contribution is 8.01. The maximum atomic E-state index is 12.2. The molecule has 108 valence electrons. The summed E-state index contributed by atoms with van der Waals surface area (Å²) in [6, 6.07) is -0.327. The molecule has 2 rings (SSSR count). The van der Waals surface area contributed by atoms with Gasteiger partial charge in [-0.2, -0.15) is 0 Å². The molecule has 6 heteroatoms. The highest BCUT2D eigenvalue weighted by atomic mass is 32.2. The fraction of sp³-hybridized carbons (Fsp3) is 0.846. The zero-order valence-electron chi connectivity index (χ0n) is 11.5. The minimum atomic E-state index is -0.327. The number of nitrogens with zero attached hydrogens (tertiary/aromatic N) is 1. The van der Waals surface area contributed by atoms with Gasteiger partial charge in [0.25, 0.3) is 0 Å². The summed E-state index contributed by atoms with van der Waals surface area (Å²) in [6.45, 7) is 4.73. The Bertz CT molecular complexity index is 377. The third-order valence-corrected chi connectivity index (χ3v) is 5.50. The van der Waals surface area contributed by atoms with Crippen molar-refractivity contribution in [3.63, 3.8) is 0 Å². The summed E-state index contributed by atoms with van der Waals surface area (Å²) < 4.78 is 0. The SMILES string of the molecule is CC(CCO)CNC(=O)C1CSC2(C)CCC(=O)N12. The molecule has 2 N–H and O–H groups in total. The molecule has 2 aliphatic heterocycles. The lowest BCUT2D eigenvalue weighted by Gasteiger charge is -2.30. The van der Waals surface area contributed by atoms with Gasteiger partial charge in [0.1, 0.15) is 6.04 Å². The smallest absolute Gasteiger partial charge is 0.243 e. The Labute approximate surface area is 118 Å². The number of hydrogen-bond donors (Lipinski definition) is 2. The van der Waals surface area contributed by atoms with Crippen molar-refractivity contribution in [2.24, 2.45) is 5.92 Å². The molecule has 19 heavy (non-hydrogen) atoms. The van der Waals surface area contributed by atoms with E-state index in [1.54, 1.807) is 16.7 Å². The average molecular weight is 286 g/mol. The van der Waals surface area contributed by atoms with Crippen molar-refractivity contribution in [2.75, 3.05) is 18.9 Å². The largest absolute Gasteiger partial charge is 0.396 e. The molecule has 3 atom stereocenters. The van der Waals surface area contributed by atoms with E-state index in [2.05, 4.69) is 5.32 Å². The zero-order chi connectivity index (χ0) is 14.0. The quantitative estimate of drug-likeness (QED) is 0.775. The van der Waals surface area contributed by atoms with Crippen LogP contribution in [0.3, 0.4) is 0 Å². The molecule has 0 aromatic heterocycles. The summed E-state index contributed by atoms with van der Waals surface area (Å²) in [4.78, 5) is 25.7. The summed E-state index contributed by atoms with van der Waals surface area (Å²) in [5.74, 6) is 0.971. The van der Waals surface area contributed by atoms with Gasteiger partial charge in [-0.05, 0) is 25.7 Å². The molecule has 2 saturated heterocycles. The van der Waals surface area contributed by atoms with E-state index in [1.807, 2.05) is 13.8 Å². The van der Waals surface area contributed by atoms with Crippen LogP contribution in [0.25, 0.3) is 0 Å². The maximum absolute atomic E-state index is 12.2. The predicted octanol–water partition coefficient (Wildman–Crippen LogP) is 0.575. The lowest BCUT2D eigenvalue weighted by atomic mass is 10.1. The van der Waals surface area contributed by atoms with E-state index in [4.69, 9.17) is 5.11 Å². The Hall–Kier alpha value is -0.750. The highest BCUT2D eigenvalue weighted by Gasteiger charge is 2.52. The van der Waals surface area contributed by atoms with Crippen LogP contribution in [0.2, 0.25) is 0 Å². The number of aliphatic hydroxyl groups excluding tert-OH is 1. The molecular weight excluding hydrogens is 264 g/mol. The van der Waals surface area contributed by atoms with Crippen molar-refractivity contribution in [3.8, 4) is 0 Å². The van der Waals surface area contributed by atoms with Gasteiger partial charge in [-0.15, -0.1) is 11.8 Å². The molecule has 2 fully saturated rings. The first-order valence-electron chi connectivity index (χ1n) is 6.82. The average Bonchev–Trinajstić information content (AvgIpc) is 2.85. The standard InChI is InChI=1S/C13H22N2O3S/c1-9(4-6-16)7-14-12(18)10-8-19-13(2)5-3-11(17)15(10)13/h9-10,16H,3-8H2,1-2H3,(H,14,18). The van der Waals surface area contributed by atoms with Crippen LogP contribution >= 0.6 is 11.8 Å². The van der Waals surface area contributed by atoms with Crippen molar-refractivity contribution in [1.82, 2.24) is 10.2 Å². The molecule has 0 aliphatic carbocycles. The van der Waals surface area contributed by atoms with Crippen LogP contribution in [0.5, 0.6) is 0 Å². The van der Waals surface area contributed by atoms with E-state index in [1.165, 1.54) is 0 Å². The summed E-state index contributed by atoms with van der Waals surface area (Å²) in [6.07, 6.45) is 2.06. The molecule has 5 nitrogen and oxygen atoms in total. The van der Waals surface area contributed by atoms with Crippen LogP contribution in [-0.4, -0.2) is 51.6 Å². The number of carbonyl (C=O) groups is 2. The van der Waals surface area contributed by atoms with Crippen LogP contribution in [0.4, 0.5) is 0 Å². The molecule has 0 aromatic carbocycles. The van der Waals surface area contributed by atoms with Gasteiger partial charge in [0.05, 0.1) is 4.87 Å². The second kappa shape index (κ2) is 5.71. The van der Waals surface area contributed by atoms with Crippen molar-refractivity contribution in [1.29, 1.82) is 0 Å². The number of amides is 2. The summed E-state index contributed by atoms with van der Waals surface area (Å²) in [7, 11) is 0. The fourth-order valence-electron chi connectivity index (χ4n) is 2.73. The van der Waals surface area contributed by atoms with E-state index in [-0.39, 0.29) is 35.3 Å². The van der Waals surface area contributed by atoms with Crippen molar-refractivity contribution >= 4 is 23.6 Å². The lowest BCUT2D eigenvalue weighted by molar-refractivity contribution is -0.138. The zero-order valence-corrected chi connectivity index (χ0v) is 12.3. The Balaban J connectivity index is 1.91. The monoisotopic (exact) mass is 286 g/mol. The van der Waals surface area contributed by atoms with Crippen LogP contribution in [-0.2, 0) is 9.59 Å². The number of fused-ring (bicyclic) bond motifs is 1. The van der Waals surface area contributed by atoms with Gasteiger partial charge < -0.3 is 15.3 Å². The Morgan fingerprint density at radius 3 is 3.11 bits per heavy atom. The number of thioether (sulfide) groups is 1. The number of aliphatic hydroxyl groups is 1. The van der Waals surface area contributed by atoms with E-state index >= 15 is 0 Å². The molecule has 2 aliphatic rings. The summed E-state index contributed by atoms with van der Waals surface area (Å²) in [5.41, 5.74) is 0. The lowest BCUT2D eigenvalue weighted by Crippen LogP contribution is -2.50. The molecule has 3 unspecified atom stereocenters. The van der Waals surface area contributed by atoms with Crippen LogP contribution in [0.15, 0.2) is 0 Å². The van der Waals surface area contributed by atoms with Gasteiger partial charge in [-0.25, -0.2) is 0 Å². The molecule has 0 aromatic rings. The van der Waals surface area contributed by atoms with Crippen molar-refractivity contribution in [3.05, 3.63) is 0 Å².